The van der Waals surface area contributed by atoms with E-state index >= 15 is 0 Å². The van der Waals surface area contributed by atoms with Crippen molar-refractivity contribution in [3.05, 3.63) is 40.3 Å². The zero-order valence-electron chi connectivity index (χ0n) is 11.7. The molecule has 1 aromatic rings. The van der Waals surface area contributed by atoms with Gasteiger partial charge in [-0.1, -0.05) is 23.7 Å². The third-order valence-electron chi connectivity index (χ3n) is 2.39. The van der Waals surface area contributed by atoms with Crippen LogP contribution in [0, 0.1) is 0 Å². The largest absolute Gasteiger partial charge is 0.379 e. The molecule has 0 fully saturated rings. The van der Waals surface area contributed by atoms with E-state index in [0.29, 0.717) is 24.6 Å². The molecule has 0 saturated carbocycles. The molecule has 112 valence electrons. The number of hydrogen-bond donors (Lipinski definition) is 1. The molecular weight excluding hydrogens is 298 g/mol. The van der Waals surface area contributed by atoms with E-state index in [1.807, 2.05) is 13.8 Å². The van der Waals surface area contributed by atoms with Gasteiger partial charge in [0.15, 0.2) is 0 Å². The second-order valence-electron chi connectivity index (χ2n) is 4.57. The molecule has 0 spiro atoms. The van der Waals surface area contributed by atoms with Crippen LogP contribution in [0.25, 0.3) is 6.08 Å². The standard InChI is InChI=1S/C14H20ClNO3S/c1-12(2)19-10-3-9-16-20(17,18)11-8-13-4-6-14(15)7-5-13/h4-8,11-12,16H,3,9-10H2,1-2H3. The average molecular weight is 318 g/mol. The minimum absolute atomic E-state index is 0.163. The van der Waals surface area contributed by atoms with E-state index in [0.717, 1.165) is 11.0 Å². The zero-order chi connectivity index (χ0) is 15.0. The SMILES string of the molecule is CC(C)OCCCNS(=O)(=O)C=Cc1ccc(Cl)cc1. The highest BCUT2D eigenvalue weighted by Gasteiger charge is 2.04. The van der Waals surface area contributed by atoms with Gasteiger partial charge >= 0.3 is 0 Å². The first-order valence-electron chi connectivity index (χ1n) is 6.44. The molecular formula is C14H20ClNO3S. The summed E-state index contributed by atoms with van der Waals surface area (Å²) >= 11 is 5.76. The average Bonchev–Trinajstić information content (AvgIpc) is 2.37. The maximum atomic E-state index is 11.7. The number of benzene rings is 1. The summed E-state index contributed by atoms with van der Waals surface area (Å²) in [4.78, 5) is 0. The molecule has 0 atom stereocenters. The Morgan fingerprint density at radius 1 is 1.30 bits per heavy atom. The van der Waals surface area contributed by atoms with Crippen LogP contribution in [0.5, 0.6) is 0 Å². The van der Waals surface area contributed by atoms with E-state index in [4.69, 9.17) is 16.3 Å². The van der Waals surface area contributed by atoms with Gasteiger partial charge in [-0.25, -0.2) is 13.1 Å². The molecule has 0 aromatic heterocycles. The van der Waals surface area contributed by atoms with Crippen molar-refractivity contribution in [3.63, 3.8) is 0 Å². The molecule has 0 bridgehead atoms. The van der Waals surface area contributed by atoms with Gasteiger partial charge < -0.3 is 4.74 Å². The van der Waals surface area contributed by atoms with E-state index in [1.54, 1.807) is 24.3 Å². The Balaban J connectivity index is 2.39. The third kappa shape index (κ3) is 7.65. The molecule has 1 aromatic carbocycles. The van der Waals surface area contributed by atoms with E-state index < -0.39 is 10.0 Å². The number of hydrogen-bond acceptors (Lipinski definition) is 3. The highest BCUT2D eigenvalue weighted by Crippen LogP contribution is 2.11. The molecule has 0 amide bonds. The highest BCUT2D eigenvalue weighted by molar-refractivity contribution is 7.92. The van der Waals surface area contributed by atoms with Crippen molar-refractivity contribution in [2.75, 3.05) is 13.2 Å². The van der Waals surface area contributed by atoms with E-state index in [1.165, 1.54) is 6.08 Å². The molecule has 4 nitrogen and oxygen atoms in total. The molecule has 0 aliphatic carbocycles. The van der Waals surface area contributed by atoms with Crippen LogP contribution >= 0.6 is 11.6 Å². The van der Waals surface area contributed by atoms with Gasteiger partial charge in [0.05, 0.1) is 6.10 Å². The van der Waals surface area contributed by atoms with Crippen LogP contribution in [-0.2, 0) is 14.8 Å². The first kappa shape index (κ1) is 17.2. The van der Waals surface area contributed by atoms with Gasteiger partial charge in [0, 0.05) is 23.6 Å². The predicted octanol–water partition coefficient (Wildman–Crippen LogP) is 3.05. The van der Waals surface area contributed by atoms with Gasteiger partial charge in [-0.3, -0.25) is 0 Å². The number of sulfonamides is 1. The topological polar surface area (TPSA) is 55.4 Å². The Morgan fingerprint density at radius 2 is 1.95 bits per heavy atom. The minimum Gasteiger partial charge on any atom is -0.379 e. The minimum atomic E-state index is -3.41. The maximum absolute atomic E-state index is 11.7. The molecule has 0 heterocycles. The molecule has 0 saturated heterocycles. The number of nitrogens with one attached hydrogen (secondary N) is 1. The van der Waals surface area contributed by atoms with Crippen LogP contribution in [0.2, 0.25) is 5.02 Å². The van der Waals surface area contributed by atoms with Crippen LogP contribution in [0.3, 0.4) is 0 Å². The lowest BCUT2D eigenvalue weighted by Gasteiger charge is -2.07. The zero-order valence-corrected chi connectivity index (χ0v) is 13.2. The molecule has 20 heavy (non-hydrogen) atoms. The van der Waals surface area contributed by atoms with Gasteiger partial charge in [-0.05, 0) is 44.0 Å². The summed E-state index contributed by atoms with van der Waals surface area (Å²) in [5.74, 6) is 0. The maximum Gasteiger partial charge on any atom is 0.233 e. The molecule has 1 rings (SSSR count). The fourth-order valence-electron chi connectivity index (χ4n) is 1.40. The summed E-state index contributed by atoms with van der Waals surface area (Å²) in [6, 6.07) is 6.94. The lowest BCUT2D eigenvalue weighted by atomic mass is 10.2. The fourth-order valence-corrected chi connectivity index (χ4v) is 2.38. The van der Waals surface area contributed by atoms with E-state index in [9.17, 15) is 8.42 Å². The fraction of sp³-hybridized carbons (Fsp3) is 0.429. The van der Waals surface area contributed by atoms with Crippen molar-refractivity contribution in [3.8, 4) is 0 Å². The molecule has 0 aliphatic rings. The van der Waals surface area contributed by atoms with Gasteiger partial charge in [0.25, 0.3) is 0 Å². The van der Waals surface area contributed by atoms with Gasteiger partial charge in [-0.15, -0.1) is 0 Å². The third-order valence-corrected chi connectivity index (χ3v) is 3.74. The van der Waals surface area contributed by atoms with Crippen LogP contribution in [0.1, 0.15) is 25.8 Å². The van der Waals surface area contributed by atoms with Crippen molar-refractivity contribution in [1.82, 2.24) is 4.72 Å². The summed E-state index contributed by atoms with van der Waals surface area (Å²) in [6.45, 7) is 4.79. The monoisotopic (exact) mass is 317 g/mol. The second-order valence-corrected chi connectivity index (χ2v) is 6.65. The van der Waals surface area contributed by atoms with Crippen LogP contribution in [-0.4, -0.2) is 27.7 Å². The van der Waals surface area contributed by atoms with E-state index in [2.05, 4.69) is 4.72 Å². The van der Waals surface area contributed by atoms with Crippen molar-refractivity contribution in [1.29, 1.82) is 0 Å². The Morgan fingerprint density at radius 3 is 2.55 bits per heavy atom. The Bertz CT molecular complexity index is 524. The molecule has 0 radical (unpaired) electrons. The van der Waals surface area contributed by atoms with Crippen molar-refractivity contribution in [2.24, 2.45) is 0 Å². The van der Waals surface area contributed by atoms with Crippen LogP contribution < -0.4 is 4.72 Å². The number of halogens is 1. The van der Waals surface area contributed by atoms with E-state index in [-0.39, 0.29) is 6.10 Å². The second kappa shape index (κ2) is 8.42. The van der Waals surface area contributed by atoms with Crippen molar-refractivity contribution >= 4 is 27.7 Å². The highest BCUT2D eigenvalue weighted by atomic mass is 35.5. The van der Waals surface area contributed by atoms with Crippen LogP contribution in [0.4, 0.5) is 0 Å². The van der Waals surface area contributed by atoms with Gasteiger partial charge in [0.1, 0.15) is 0 Å². The quantitative estimate of drug-likeness (QED) is 0.750. The van der Waals surface area contributed by atoms with Gasteiger partial charge in [0.2, 0.25) is 10.0 Å². The van der Waals surface area contributed by atoms with Crippen molar-refractivity contribution in [2.45, 2.75) is 26.4 Å². The predicted molar refractivity (Wildman–Crippen MR) is 83.1 cm³/mol. The Labute approximate surface area is 125 Å². The number of ether oxygens (including phenoxy) is 1. The molecule has 0 unspecified atom stereocenters. The Hall–Kier alpha value is -0.880. The first-order valence-corrected chi connectivity index (χ1v) is 8.36. The van der Waals surface area contributed by atoms with Crippen molar-refractivity contribution < 1.29 is 13.2 Å². The number of rotatable bonds is 8. The lowest BCUT2D eigenvalue weighted by Crippen LogP contribution is -2.23. The molecule has 1 N–H and O–H groups in total. The summed E-state index contributed by atoms with van der Waals surface area (Å²) in [7, 11) is -3.41. The molecule has 6 heteroatoms. The Kier molecular flexibility index (Phi) is 7.23. The first-order chi connectivity index (χ1) is 9.39. The van der Waals surface area contributed by atoms with Crippen LogP contribution in [0.15, 0.2) is 29.7 Å². The smallest absolute Gasteiger partial charge is 0.233 e. The summed E-state index contributed by atoms with van der Waals surface area (Å²) < 4.78 is 31.2. The molecule has 0 aliphatic heterocycles. The normalized spacial score (nSPS) is 12.4. The summed E-state index contributed by atoms with van der Waals surface area (Å²) in [5, 5.41) is 1.77. The summed E-state index contributed by atoms with van der Waals surface area (Å²) in [5.41, 5.74) is 0.780. The summed E-state index contributed by atoms with van der Waals surface area (Å²) in [6.07, 6.45) is 2.34. The van der Waals surface area contributed by atoms with Gasteiger partial charge in [-0.2, -0.15) is 0 Å². The lowest BCUT2D eigenvalue weighted by molar-refractivity contribution is 0.0778.